The number of amides is 2. The molecular weight excluding hydrogens is 1070 g/mol. The lowest BCUT2D eigenvalue weighted by molar-refractivity contribution is -0.121. The number of nitriles is 2. The third-order valence-electron chi connectivity index (χ3n) is 14.1. The number of nitrogens with zero attached hydrogens (tertiary/aromatic N) is 10. The summed E-state index contributed by atoms with van der Waals surface area (Å²) in [5.41, 5.74) is -1.39. The number of hydrogen-bond donors (Lipinski definition) is 4. The molecule has 2 saturated carbocycles. The van der Waals surface area contributed by atoms with E-state index in [-0.39, 0.29) is 123 Å². The zero-order valence-corrected chi connectivity index (χ0v) is 48.2. The number of H-pyrrole nitrogens is 1. The van der Waals surface area contributed by atoms with Crippen LogP contribution < -0.4 is 16.2 Å². The minimum atomic E-state index is -1.96. The predicted octanol–water partition coefficient (Wildman–Crippen LogP) is 8.72. The lowest BCUT2D eigenvalue weighted by Gasteiger charge is -2.38. The summed E-state index contributed by atoms with van der Waals surface area (Å²) in [6.07, 6.45) is 6.61. The molecule has 4 aromatic heterocycles. The number of benzene rings is 1. The number of aliphatic hydroxyl groups is 1. The maximum absolute atomic E-state index is 17.5. The third-order valence-corrected chi connectivity index (χ3v) is 18.3. The van der Waals surface area contributed by atoms with Gasteiger partial charge < -0.3 is 42.4 Å². The first kappa shape index (κ1) is 61.7. The lowest BCUT2D eigenvalue weighted by Crippen LogP contribution is -2.37. The van der Waals surface area contributed by atoms with Crippen LogP contribution in [0.1, 0.15) is 117 Å². The number of terminal acetylenes is 1. The van der Waals surface area contributed by atoms with Gasteiger partial charge in [0, 0.05) is 47.9 Å². The number of nitrogens with one attached hydrogen (secondary N) is 3. The molecule has 0 spiro atoms. The number of aliphatic hydroxyl groups excluding tert-OH is 1. The second-order valence-electron chi connectivity index (χ2n) is 21.1. The average molecular weight is 1150 g/mol. The Hall–Kier alpha value is -5.93. The largest absolute Gasteiger partial charge is 0.391 e. The third kappa shape index (κ3) is 14.0. The highest BCUT2D eigenvalue weighted by atomic mass is 31.2. The molecule has 0 radical (unpaired) electrons. The van der Waals surface area contributed by atoms with Crippen molar-refractivity contribution in [1.29, 1.82) is 10.5 Å². The van der Waals surface area contributed by atoms with Crippen LogP contribution in [0.25, 0.3) is 22.2 Å². The van der Waals surface area contributed by atoms with Crippen molar-refractivity contribution >= 4 is 62.8 Å². The highest BCUT2D eigenvalue weighted by Crippen LogP contribution is 2.54. The first-order valence-electron chi connectivity index (χ1n) is 26.7. The van der Waals surface area contributed by atoms with E-state index < -0.39 is 88.0 Å². The van der Waals surface area contributed by atoms with Crippen LogP contribution in [-0.2, 0) is 27.6 Å². The molecule has 2 aliphatic rings. The van der Waals surface area contributed by atoms with Crippen molar-refractivity contribution in [2.75, 3.05) is 43.7 Å². The van der Waals surface area contributed by atoms with Gasteiger partial charge in [0.1, 0.15) is 30.1 Å². The summed E-state index contributed by atoms with van der Waals surface area (Å²) in [5.74, 6) is -0.901. The Balaban J connectivity index is 1.08. The second kappa shape index (κ2) is 27.7. The standard InChI is InChI=1S/C54H71F2N13O9P2/c1-11-54(25-39(24-42(54)70)66-26-40(55)43-47(59-30-60-48(43)66)62-51(72)37-17-13-12-14-18-37)29-74-27-36(10)50(71)64-53-63-49-45(52(73)65-53)61-31-67(49)41-23-38(28-77-79(75-21-15-19-57)68(32(2)3)33(4)5)44(56)46(41)78-80(76-22-16-20-58)69(34(6)7)35(8)9/h1,12-14,17-18,26,30-36,38-39,41-42,44,46,70H,15-16,21-25,27-29H2,2-10H3,(H,59,60,62,72)(H2,63,64,65,71,73)/t36?,38-,39+,41-,42+,44-,46+,54-,79?,80?/m1/s1. The highest BCUT2D eigenvalue weighted by Gasteiger charge is 2.50. The molecule has 1 aromatic carbocycles. The minimum Gasteiger partial charge on any atom is -0.391 e. The van der Waals surface area contributed by atoms with Crippen LogP contribution in [0.3, 0.4) is 0 Å². The van der Waals surface area contributed by atoms with Crippen molar-refractivity contribution in [2.24, 2.45) is 17.3 Å². The van der Waals surface area contributed by atoms with Gasteiger partial charge >= 0.3 is 0 Å². The molecule has 5 aromatic rings. The van der Waals surface area contributed by atoms with Crippen LogP contribution in [0.15, 0.2) is 54.0 Å². The number of hydrogen-bond acceptors (Lipinski definition) is 17. The number of rotatable bonds is 27. The summed E-state index contributed by atoms with van der Waals surface area (Å²) in [5, 5.41) is 35.4. The van der Waals surface area contributed by atoms with Crippen LogP contribution >= 0.6 is 17.1 Å². The van der Waals surface area contributed by atoms with Crippen molar-refractivity contribution in [3.63, 3.8) is 0 Å². The molecule has 0 aliphatic heterocycles. The van der Waals surface area contributed by atoms with Gasteiger partial charge in [0.15, 0.2) is 17.0 Å². The topological polar surface area (TPSA) is 273 Å². The van der Waals surface area contributed by atoms with E-state index in [2.05, 4.69) is 58.3 Å². The summed E-state index contributed by atoms with van der Waals surface area (Å²) in [6, 6.07) is 11.0. The highest BCUT2D eigenvalue weighted by molar-refractivity contribution is 7.44. The van der Waals surface area contributed by atoms with Gasteiger partial charge in [0.2, 0.25) is 11.9 Å². The summed E-state index contributed by atoms with van der Waals surface area (Å²) >= 11 is 0. The first-order chi connectivity index (χ1) is 38.2. The van der Waals surface area contributed by atoms with Gasteiger partial charge in [0.05, 0.1) is 93.2 Å². The Morgan fingerprint density at radius 3 is 2.20 bits per heavy atom. The van der Waals surface area contributed by atoms with Crippen LogP contribution in [0.5, 0.6) is 0 Å². The van der Waals surface area contributed by atoms with Crippen LogP contribution in [-0.4, -0.2) is 136 Å². The Morgan fingerprint density at radius 1 is 0.912 bits per heavy atom. The molecule has 26 heteroatoms. The van der Waals surface area contributed by atoms with Gasteiger partial charge in [-0.2, -0.15) is 15.5 Å². The van der Waals surface area contributed by atoms with E-state index in [0.29, 0.717) is 5.56 Å². The normalized spacial score (nSPS) is 22.4. The number of aromatic nitrogens is 7. The zero-order chi connectivity index (χ0) is 58.0. The molecule has 0 saturated heterocycles. The smallest absolute Gasteiger partial charge is 0.280 e. The van der Waals surface area contributed by atoms with E-state index in [1.165, 1.54) is 18.9 Å². The van der Waals surface area contributed by atoms with Gasteiger partial charge in [-0.1, -0.05) is 31.0 Å². The van der Waals surface area contributed by atoms with Gasteiger partial charge in [-0.15, -0.1) is 6.42 Å². The number of carbonyl (C=O) groups excluding carboxylic acids is 2. The molecule has 10 atom stereocenters. The van der Waals surface area contributed by atoms with Gasteiger partial charge in [-0.05, 0) is 86.8 Å². The number of imidazole rings is 1. The molecule has 0 bridgehead atoms. The quantitative estimate of drug-likeness (QED) is 0.0217. The summed E-state index contributed by atoms with van der Waals surface area (Å²) in [7, 11) is -3.68. The number of alkyl halides is 1. The van der Waals surface area contributed by atoms with Crippen molar-refractivity contribution < 1.29 is 46.3 Å². The fraction of sp³-hybridized carbons (Fsp3) is 0.574. The maximum atomic E-state index is 17.5. The molecule has 2 fully saturated rings. The van der Waals surface area contributed by atoms with Crippen molar-refractivity contribution in [1.82, 2.24) is 43.4 Å². The number of halogens is 2. The monoisotopic (exact) mass is 1150 g/mol. The minimum absolute atomic E-state index is 0.000882. The molecule has 80 heavy (non-hydrogen) atoms. The SMILES string of the molecule is C#C[C@]1(COCC(C)C(=O)Nc2nc3c(ncn3[C@@H]3C[C@H](COP(OCCC#N)N(C(C)C)C(C)C)[C@@H](F)[C@H]3OP(OCCC#N)N(C(C)C)C(C)C)c(=O)[nH]2)C[C@@H](n2cc(F)c3c(NC(=O)c4ccccc4)ncnc32)C[C@@H]1O. The lowest BCUT2D eigenvalue weighted by atomic mass is 9.86. The summed E-state index contributed by atoms with van der Waals surface area (Å²) in [4.78, 5) is 60.6. The van der Waals surface area contributed by atoms with Crippen molar-refractivity contribution in [2.45, 2.75) is 149 Å². The fourth-order valence-electron chi connectivity index (χ4n) is 10.3. The number of fused-ring (bicyclic) bond motifs is 2. The van der Waals surface area contributed by atoms with E-state index in [4.69, 9.17) is 29.3 Å². The maximum Gasteiger partial charge on any atom is 0.280 e. The van der Waals surface area contributed by atoms with Gasteiger partial charge in [0.25, 0.3) is 28.5 Å². The Bertz CT molecular complexity index is 3090. The van der Waals surface area contributed by atoms with Crippen LogP contribution in [0.2, 0.25) is 0 Å². The molecule has 4 heterocycles. The second-order valence-corrected chi connectivity index (χ2v) is 24.0. The molecule has 7 rings (SSSR count). The molecule has 22 nitrogen and oxygen atoms in total. The van der Waals surface area contributed by atoms with Crippen LogP contribution in [0.4, 0.5) is 20.5 Å². The molecule has 4 N–H and O–H groups in total. The number of carbonyl (C=O) groups is 2. The zero-order valence-electron chi connectivity index (χ0n) is 46.5. The fourth-order valence-corrected chi connectivity index (χ4v) is 13.7. The number of ether oxygens (including phenoxy) is 1. The predicted molar refractivity (Wildman–Crippen MR) is 297 cm³/mol. The summed E-state index contributed by atoms with van der Waals surface area (Å²) in [6.45, 7) is 17.2. The summed E-state index contributed by atoms with van der Waals surface area (Å²) < 4.78 is 72.0. The van der Waals surface area contributed by atoms with Gasteiger partial charge in [-0.3, -0.25) is 24.7 Å². The van der Waals surface area contributed by atoms with E-state index >= 15 is 8.78 Å². The van der Waals surface area contributed by atoms with Crippen LogP contribution in [0, 0.1) is 58.1 Å². The van der Waals surface area contributed by atoms with E-state index in [9.17, 15) is 30.0 Å². The van der Waals surface area contributed by atoms with Crippen molar-refractivity contribution in [3.05, 3.63) is 70.9 Å². The number of anilines is 2. The molecule has 430 valence electrons. The number of aromatic amines is 1. The molecule has 3 unspecified atom stereocenters. The molecule has 2 amide bonds. The first-order valence-corrected chi connectivity index (χ1v) is 29.0. The van der Waals surface area contributed by atoms with Gasteiger partial charge in [-0.25, -0.2) is 33.1 Å². The van der Waals surface area contributed by atoms with Crippen molar-refractivity contribution in [3.8, 4) is 24.5 Å². The Labute approximate surface area is 466 Å². The molecular formula is C54H71F2N13O9P2. The Morgan fingerprint density at radius 2 is 1.56 bits per heavy atom. The average Bonchev–Trinajstić information content (AvgIpc) is 4.17. The van der Waals surface area contributed by atoms with E-state index in [1.807, 2.05) is 60.1 Å². The molecule has 2 aliphatic carbocycles. The van der Waals surface area contributed by atoms with E-state index in [0.717, 1.165) is 0 Å². The Kier molecular flexibility index (Phi) is 21.4. The van der Waals surface area contributed by atoms with E-state index in [1.54, 1.807) is 46.4 Å².